The Balaban J connectivity index is 1.50. The van der Waals surface area contributed by atoms with E-state index in [-0.39, 0.29) is 5.91 Å². The summed E-state index contributed by atoms with van der Waals surface area (Å²) >= 11 is 0. The van der Waals surface area contributed by atoms with Crippen LogP contribution in [-0.2, 0) is 9.47 Å². The molecule has 2 aliphatic heterocycles. The van der Waals surface area contributed by atoms with Crippen molar-refractivity contribution >= 4 is 11.6 Å². The Bertz CT molecular complexity index is 514. The van der Waals surface area contributed by atoms with Crippen LogP contribution in [0.4, 0.5) is 5.69 Å². The van der Waals surface area contributed by atoms with Crippen LogP contribution in [0.5, 0.6) is 0 Å². The normalized spacial score (nSPS) is 19.6. The number of hydrogen-bond acceptors (Lipinski definition) is 6. The van der Waals surface area contributed by atoms with Crippen LogP contribution in [0.3, 0.4) is 0 Å². The van der Waals surface area contributed by atoms with Crippen molar-refractivity contribution in [2.45, 2.75) is 0 Å². The van der Waals surface area contributed by atoms with Gasteiger partial charge in [-0.3, -0.25) is 14.7 Å². The molecule has 0 atom stereocenters. The van der Waals surface area contributed by atoms with E-state index in [1.54, 1.807) is 6.20 Å². The smallest absolute Gasteiger partial charge is 0.269 e. The first-order chi connectivity index (χ1) is 11.3. The second-order valence-corrected chi connectivity index (χ2v) is 5.71. The molecule has 2 saturated heterocycles. The van der Waals surface area contributed by atoms with Gasteiger partial charge in [0.1, 0.15) is 5.69 Å². The van der Waals surface area contributed by atoms with E-state index in [9.17, 15) is 4.79 Å². The molecule has 23 heavy (non-hydrogen) atoms. The van der Waals surface area contributed by atoms with E-state index in [0.717, 1.165) is 64.8 Å². The predicted molar refractivity (Wildman–Crippen MR) is 86.9 cm³/mol. The molecule has 0 saturated carbocycles. The number of nitrogens with one attached hydrogen (secondary N) is 1. The Kier molecular flexibility index (Phi) is 5.79. The first kappa shape index (κ1) is 16.2. The van der Waals surface area contributed by atoms with Crippen molar-refractivity contribution in [2.24, 2.45) is 0 Å². The fraction of sp³-hybridized carbons (Fsp3) is 0.625. The van der Waals surface area contributed by atoms with Crippen molar-refractivity contribution in [1.82, 2.24) is 15.2 Å². The lowest BCUT2D eigenvalue weighted by atomic mass is 10.2. The summed E-state index contributed by atoms with van der Waals surface area (Å²) < 4.78 is 10.7. The summed E-state index contributed by atoms with van der Waals surface area (Å²) in [5.41, 5.74) is 1.50. The summed E-state index contributed by atoms with van der Waals surface area (Å²) in [4.78, 5) is 21.0. The Morgan fingerprint density at radius 3 is 2.57 bits per heavy atom. The molecule has 126 valence electrons. The minimum Gasteiger partial charge on any atom is -0.379 e. The van der Waals surface area contributed by atoms with Crippen LogP contribution in [-0.4, -0.2) is 81.5 Å². The van der Waals surface area contributed by atoms with Gasteiger partial charge < -0.3 is 19.7 Å². The van der Waals surface area contributed by atoms with E-state index in [0.29, 0.717) is 12.2 Å². The number of pyridine rings is 1. The maximum Gasteiger partial charge on any atom is 0.269 e. The lowest BCUT2D eigenvalue weighted by molar-refractivity contribution is 0.0383. The number of carbonyl (C=O) groups is 1. The van der Waals surface area contributed by atoms with Gasteiger partial charge in [-0.2, -0.15) is 0 Å². The largest absolute Gasteiger partial charge is 0.379 e. The van der Waals surface area contributed by atoms with E-state index < -0.39 is 0 Å². The number of nitrogens with zero attached hydrogens (tertiary/aromatic N) is 3. The lowest BCUT2D eigenvalue weighted by Crippen LogP contribution is -2.41. The molecule has 3 rings (SSSR count). The molecular formula is C16H24N4O3. The molecule has 0 bridgehead atoms. The van der Waals surface area contributed by atoms with Crippen molar-refractivity contribution in [3.8, 4) is 0 Å². The van der Waals surface area contributed by atoms with Crippen LogP contribution >= 0.6 is 0 Å². The standard InChI is InChI=1S/C16H24N4O3/c21-16(18-3-4-19-5-9-22-10-6-19)15-13-14(1-2-17-15)20-7-11-23-12-8-20/h1-2,13H,3-12H2,(H,18,21). The van der Waals surface area contributed by atoms with Crippen LogP contribution in [0, 0.1) is 0 Å². The molecule has 7 nitrogen and oxygen atoms in total. The van der Waals surface area contributed by atoms with Crippen LogP contribution < -0.4 is 10.2 Å². The van der Waals surface area contributed by atoms with Crippen molar-refractivity contribution in [3.05, 3.63) is 24.0 Å². The quantitative estimate of drug-likeness (QED) is 0.822. The maximum absolute atomic E-state index is 12.3. The number of hydrogen-bond donors (Lipinski definition) is 1. The second-order valence-electron chi connectivity index (χ2n) is 5.71. The molecule has 1 amide bonds. The molecule has 7 heteroatoms. The van der Waals surface area contributed by atoms with Gasteiger partial charge in [0.05, 0.1) is 26.4 Å². The average Bonchev–Trinajstić information content (AvgIpc) is 2.63. The molecule has 3 heterocycles. The molecule has 0 aliphatic carbocycles. The van der Waals surface area contributed by atoms with Gasteiger partial charge in [0, 0.05) is 51.2 Å². The molecule has 0 spiro atoms. The fourth-order valence-electron chi connectivity index (χ4n) is 2.80. The second kappa shape index (κ2) is 8.24. The van der Waals surface area contributed by atoms with Crippen molar-refractivity contribution < 1.29 is 14.3 Å². The van der Waals surface area contributed by atoms with Gasteiger partial charge in [-0.25, -0.2) is 0 Å². The molecule has 1 aromatic heterocycles. The predicted octanol–water partition coefficient (Wildman–Crippen LogP) is -0.0198. The molecular weight excluding hydrogens is 296 g/mol. The number of ether oxygens (including phenoxy) is 2. The molecule has 1 aromatic rings. The molecule has 0 unspecified atom stereocenters. The Morgan fingerprint density at radius 1 is 1.13 bits per heavy atom. The van der Waals surface area contributed by atoms with Crippen LogP contribution in [0.2, 0.25) is 0 Å². The SMILES string of the molecule is O=C(NCCN1CCOCC1)c1cc(N2CCOCC2)ccn1. The topological polar surface area (TPSA) is 66.9 Å². The van der Waals surface area contributed by atoms with Gasteiger partial charge in [0.25, 0.3) is 5.91 Å². The first-order valence-electron chi connectivity index (χ1n) is 8.20. The first-order valence-corrected chi connectivity index (χ1v) is 8.20. The van der Waals surface area contributed by atoms with Crippen molar-refractivity contribution in [1.29, 1.82) is 0 Å². The zero-order valence-electron chi connectivity index (χ0n) is 13.4. The van der Waals surface area contributed by atoms with Gasteiger partial charge in [0.15, 0.2) is 0 Å². The van der Waals surface area contributed by atoms with Crippen LogP contribution in [0.1, 0.15) is 10.5 Å². The minimum atomic E-state index is -0.117. The van der Waals surface area contributed by atoms with Crippen LogP contribution in [0.15, 0.2) is 18.3 Å². The third-order valence-corrected chi connectivity index (χ3v) is 4.17. The number of carbonyl (C=O) groups excluding carboxylic acids is 1. The summed E-state index contributed by atoms with van der Waals surface area (Å²) in [5.74, 6) is -0.117. The number of aromatic nitrogens is 1. The summed E-state index contributed by atoms with van der Waals surface area (Å²) in [5, 5.41) is 2.95. The van der Waals surface area contributed by atoms with Gasteiger partial charge in [0.2, 0.25) is 0 Å². The molecule has 2 fully saturated rings. The highest BCUT2D eigenvalue weighted by molar-refractivity contribution is 5.93. The van der Waals surface area contributed by atoms with Crippen molar-refractivity contribution in [2.75, 3.05) is 70.6 Å². The number of morpholine rings is 2. The summed E-state index contributed by atoms with van der Waals surface area (Å²) in [6.07, 6.45) is 1.70. The van der Waals surface area contributed by atoms with Gasteiger partial charge >= 0.3 is 0 Å². The highest BCUT2D eigenvalue weighted by Gasteiger charge is 2.15. The third kappa shape index (κ3) is 4.63. The highest BCUT2D eigenvalue weighted by atomic mass is 16.5. The van der Waals surface area contributed by atoms with E-state index in [1.807, 2.05) is 12.1 Å². The summed E-state index contributed by atoms with van der Waals surface area (Å²) in [7, 11) is 0. The fourth-order valence-corrected chi connectivity index (χ4v) is 2.80. The Morgan fingerprint density at radius 2 is 1.83 bits per heavy atom. The lowest BCUT2D eigenvalue weighted by Gasteiger charge is -2.29. The van der Waals surface area contributed by atoms with Crippen LogP contribution in [0.25, 0.3) is 0 Å². The number of anilines is 1. The number of amides is 1. The molecule has 0 radical (unpaired) electrons. The summed E-state index contributed by atoms with van der Waals surface area (Å²) in [6.45, 7) is 8.03. The van der Waals surface area contributed by atoms with Crippen molar-refractivity contribution in [3.63, 3.8) is 0 Å². The molecule has 2 aliphatic rings. The Hall–Kier alpha value is -1.70. The van der Waals surface area contributed by atoms with Gasteiger partial charge in [-0.1, -0.05) is 0 Å². The molecule has 1 N–H and O–H groups in total. The number of rotatable bonds is 5. The third-order valence-electron chi connectivity index (χ3n) is 4.17. The zero-order valence-corrected chi connectivity index (χ0v) is 13.4. The monoisotopic (exact) mass is 320 g/mol. The highest BCUT2D eigenvalue weighted by Crippen LogP contribution is 2.15. The maximum atomic E-state index is 12.3. The van der Waals surface area contributed by atoms with E-state index in [2.05, 4.69) is 20.1 Å². The minimum absolute atomic E-state index is 0.117. The van der Waals surface area contributed by atoms with E-state index in [1.165, 1.54) is 0 Å². The van der Waals surface area contributed by atoms with E-state index >= 15 is 0 Å². The molecule has 0 aromatic carbocycles. The Labute approximate surface area is 136 Å². The zero-order chi connectivity index (χ0) is 15.9. The van der Waals surface area contributed by atoms with Gasteiger partial charge in [-0.15, -0.1) is 0 Å². The van der Waals surface area contributed by atoms with E-state index in [4.69, 9.17) is 9.47 Å². The average molecular weight is 320 g/mol. The van der Waals surface area contributed by atoms with Gasteiger partial charge in [-0.05, 0) is 12.1 Å². The summed E-state index contributed by atoms with van der Waals surface area (Å²) in [6, 6.07) is 3.80.